The maximum absolute atomic E-state index is 12.7. The van der Waals surface area contributed by atoms with Gasteiger partial charge in [-0.15, -0.1) is 0 Å². The van der Waals surface area contributed by atoms with Crippen LogP contribution >= 0.6 is 0 Å². The molecule has 0 radical (unpaired) electrons. The highest BCUT2D eigenvalue weighted by atomic mass is 16.5. The lowest BCUT2D eigenvalue weighted by Gasteiger charge is -2.15. The molecule has 1 heterocycles. The Kier molecular flexibility index (Phi) is 4.75. The molecule has 0 bridgehead atoms. The lowest BCUT2D eigenvalue weighted by molar-refractivity contribution is 0.0581. The largest absolute Gasteiger partial charge is 0.438 e. The van der Waals surface area contributed by atoms with Gasteiger partial charge in [-0.05, 0) is 31.2 Å². The number of pyridine rings is 1. The fourth-order valence-electron chi connectivity index (χ4n) is 2.87. The molecule has 0 unspecified atom stereocenters. The van der Waals surface area contributed by atoms with Gasteiger partial charge >= 0.3 is 5.97 Å². The summed E-state index contributed by atoms with van der Waals surface area (Å²) in [6.45, 7) is 1.95. The number of ether oxygens (including phenoxy) is 2. The first kappa shape index (κ1) is 18.3. The predicted molar refractivity (Wildman–Crippen MR) is 104 cm³/mol. The normalized spacial score (nSPS) is 12.8. The number of hydrogen-bond donors (Lipinski definition) is 0. The van der Waals surface area contributed by atoms with E-state index < -0.39 is 17.5 Å². The smallest absolute Gasteiger partial charge is 0.349 e. The summed E-state index contributed by atoms with van der Waals surface area (Å²) in [6, 6.07) is 16.6. The molecule has 0 N–H and O–H groups in total. The van der Waals surface area contributed by atoms with Crippen molar-refractivity contribution in [2.75, 3.05) is 0 Å². The first-order valence-corrected chi connectivity index (χ1v) is 8.84. The highest BCUT2D eigenvalue weighted by molar-refractivity contribution is 6.24. The third-order valence-corrected chi connectivity index (χ3v) is 4.35. The van der Waals surface area contributed by atoms with Crippen LogP contribution in [0.1, 0.15) is 36.6 Å². The minimum absolute atomic E-state index is 0.0353. The summed E-state index contributed by atoms with van der Waals surface area (Å²) in [6.07, 6.45) is 2.50. The zero-order valence-corrected chi connectivity index (χ0v) is 15.4. The number of rotatable bonds is 4. The quantitative estimate of drug-likeness (QED) is 0.623. The summed E-state index contributed by atoms with van der Waals surface area (Å²) in [4.78, 5) is 41.6. The molecule has 142 valence electrons. The Balaban J connectivity index is 1.59. The van der Waals surface area contributed by atoms with Crippen molar-refractivity contribution in [3.63, 3.8) is 0 Å². The van der Waals surface area contributed by atoms with Crippen molar-refractivity contribution in [1.82, 2.24) is 4.98 Å². The Morgan fingerprint density at radius 3 is 2.38 bits per heavy atom. The van der Waals surface area contributed by atoms with E-state index in [1.165, 1.54) is 18.3 Å². The third kappa shape index (κ3) is 3.68. The molecule has 2 aromatic carbocycles. The third-order valence-electron chi connectivity index (χ3n) is 4.35. The maximum atomic E-state index is 12.7. The van der Waals surface area contributed by atoms with E-state index >= 15 is 0 Å². The van der Waals surface area contributed by atoms with Crippen LogP contribution in [0.4, 0.5) is 0 Å². The number of Topliss-reactive ketones (excluding diaryl/α,β-unsaturated/α-hetero) is 1. The second-order valence-corrected chi connectivity index (χ2v) is 6.41. The van der Waals surface area contributed by atoms with Gasteiger partial charge < -0.3 is 9.47 Å². The van der Waals surface area contributed by atoms with E-state index in [1.54, 1.807) is 36.4 Å². The lowest BCUT2D eigenvalue weighted by atomic mass is 9.94. The van der Waals surface area contributed by atoms with Crippen molar-refractivity contribution in [1.29, 1.82) is 0 Å². The highest BCUT2D eigenvalue weighted by Crippen LogP contribution is 2.26. The molecule has 0 aliphatic heterocycles. The lowest BCUT2D eigenvalue weighted by Crippen LogP contribution is -2.21. The number of aromatic nitrogens is 1. The van der Waals surface area contributed by atoms with Gasteiger partial charge in [0.15, 0.2) is 11.5 Å². The number of carbonyl (C=O) groups is 3. The van der Waals surface area contributed by atoms with E-state index in [9.17, 15) is 14.4 Å². The first-order valence-electron chi connectivity index (χ1n) is 8.84. The SMILES string of the molecule is Cc1ccc(Oc2ncccc2C(=O)OC2=CC(=O)c3ccccc3C2=O)cc1. The molecule has 0 saturated carbocycles. The molecule has 1 aromatic heterocycles. The highest BCUT2D eigenvalue weighted by Gasteiger charge is 2.29. The van der Waals surface area contributed by atoms with Crippen LogP contribution in [-0.4, -0.2) is 22.5 Å². The van der Waals surface area contributed by atoms with Gasteiger partial charge in [-0.3, -0.25) is 9.59 Å². The van der Waals surface area contributed by atoms with Crippen LogP contribution in [0.2, 0.25) is 0 Å². The van der Waals surface area contributed by atoms with Crippen LogP contribution in [0.3, 0.4) is 0 Å². The Bertz CT molecular complexity index is 1160. The zero-order chi connectivity index (χ0) is 20.4. The van der Waals surface area contributed by atoms with Crippen molar-refractivity contribution in [2.45, 2.75) is 6.92 Å². The number of fused-ring (bicyclic) bond motifs is 1. The van der Waals surface area contributed by atoms with E-state index in [1.807, 2.05) is 19.1 Å². The number of ketones is 2. The molecule has 6 heteroatoms. The number of esters is 1. The molecule has 0 amide bonds. The van der Waals surface area contributed by atoms with Crippen LogP contribution in [0.25, 0.3) is 0 Å². The molecule has 1 aliphatic rings. The van der Waals surface area contributed by atoms with Crippen LogP contribution in [0.5, 0.6) is 11.6 Å². The maximum Gasteiger partial charge on any atom is 0.349 e. The van der Waals surface area contributed by atoms with E-state index in [0.717, 1.165) is 11.6 Å². The van der Waals surface area contributed by atoms with Gasteiger partial charge in [0.2, 0.25) is 11.7 Å². The number of benzene rings is 2. The average Bonchev–Trinajstić information content (AvgIpc) is 2.74. The molecular weight excluding hydrogens is 370 g/mol. The van der Waals surface area contributed by atoms with E-state index in [-0.39, 0.29) is 28.3 Å². The second kappa shape index (κ2) is 7.52. The topological polar surface area (TPSA) is 82.6 Å². The fraction of sp³-hybridized carbons (Fsp3) is 0.0435. The van der Waals surface area contributed by atoms with Crippen molar-refractivity contribution in [3.8, 4) is 11.6 Å². The monoisotopic (exact) mass is 385 g/mol. The Hall–Kier alpha value is -4.06. The minimum atomic E-state index is -0.841. The summed E-state index contributed by atoms with van der Waals surface area (Å²) in [5.74, 6) is -1.56. The van der Waals surface area contributed by atoms with E-state index in [2.05, 4.69) is 4.98 Å². The van der Waals surface area contributed by atoms with Crippen LogP contribution in [0, 0.1) is 6.92 Å². The number of aryl methyl sites for hydroxylation is 1. The van der Waals surface area contributed by atoms with Crippen molar-refractivity contribution in [3.05, 3.63) is 101 Å². The van der Waals surface area contributed by atoms with Gasteiger partial charge in [0.1, 0.15) is 11.3 Å². The van der Waals surface area contributed by atoms with Gasteiger partial charge in [0.25, 0.3) is 0 Å². The Morgan fingerprint density at radius 1 is 0.897 bits per heavy atom. The molecule has 4 rings (SSSR count). The Morgan fingerprint density at radius 2 is 1.62 bits per heavy atom. The molecule has 0 atom stereocenters. The molecule has 0 fully saturated rings. The summed E-state index contributed by atoms with van der Waals surface area (Å²) in [7, 11) is 0. The standard InChI is InChI=1S/C23H15NO5/c1-14-8-10-15(11-9-14)28-22-18(7-4-12-24-22)23(27)29-20-13-19(25)16-5-2-3-6-17(16)21(20)26/h2-13H,1H3. The molecule has 6 nitrogen and oxygen atoms in total. The van der Waals surface area contributed by atoms with Crippen LogP contribution in [-0.2, 0) is 4.74 Å². The van der Waals surface area contributed by atoms with Crippen LogP contribution in [0.15, 0.2) is 78.7 Å². The van der Waals surface area contributed by atoms with Crippen molar-refractivity contribution >= 4 is 17.5 Å². The minimum Gasteiger partial charge on any atom is -0.438 e. The second-order valence-electron chi connectivity index (χ2n) is 6.41. The predicted octanol–water partition coefficient (Wildman–Crippen LogP) is 4.30. The van der Waals surface area contributed by atoms with Crippen LogP contribution < -0.4 is 4.74 Å². The molecule has 29 heavy (non-hydrogen) atoms. The summed E-state index contributed by atoms with van der Waals surface area (Å²) >= 11 is 0. The number of hydrogen-bond acceptors (Lipinski definition) is 6. The fourth-order valence-corrected chi connectivity index (χ4v) is 2.87. The first-order chi connectivity index (χ1) is 14.0. The van der Waals surface area contributed by atoms with Gasteiger partial charge in [-0.2, -0.15) is 0 Å². The molecule has 3 aromatic rings. The van der Waals surface area contributed by atoms with Gasteiger partial charge in [-0.25, -0.2) is 9.78 Å². The van der Waals surface area contributed by atoms with Gasteiger partial charge in [0, 0.05) is 23.4 Å². The van der Waals surface area contributed by atoms with E-state index in [0.29, 0.717) is 5.75 Å². The van der Waals surface area contributed by atoms with Crippen molar-refractivity contribution in [2.24, 2.45) is 0 Å². The molecular formula is C23H15NO5. The summed E-state index contributed by atoms with van der Waals surface area (Å²) < 4.78 is 10.9. The summed E-state index contributed by atoms with van der Waals surface area (Å²) in [5, 5.41) is 0. The zero-order valence-electron chi connectivity index (χ0n) is 15.4. The number of nitrogens with zero attached hydrogens (tertiary/aromatic N) is 1. The summed E-state index contributed by atoms with van der Waals surface area (Å²) in [5.41, 5.74) is 1.57. The Labute approximate surface area is 166 Å². The van der Waals surface area contributed by atoms with Crippen molar-refractivity contribution < 1.29 is 23.9 Å². The average molecular weight is 385 g/mol. The molecule has 0 saturated heterocycles. The number of carbonyl (C=O) groups excluding carboxylic acids is 3. The molecule has 0 spiro atoms. The van der Waals surface area contributed by atoms with E-state index in [4.69, 9.17) is 9.47 Å². The van der Waals surface area contributed by atoms with Gasteiger partial charge in [-0.1, -0.05) is 42.0 Å². The molecule has 1 aliphatic carbocycles. The van der Waals surface area contributed by atoms with Gasteiger partial charge in [0.05, 0.1) is 0 Å². The number of allylic oxidation sites excluding steroid dienone is 2.